The summed E-state index contributed by atoms with van der Waals surface area (Å²) in [4.78, 5) is 12.0. The van der Waals surface area contributed by atoms with Crippen molar-refractivity contribution in [1.29, 1.82) is 0 Å². The van der Waals surface area contributed by atoms with E-state index < -0.39 is 5.54 Å². The van der Waals surface area contributed by atoms with Gasteiger partial charge < -0.3 is 15.0 Å². The maximum atomic E-state index is 12.0. The fraction of sp³-hybridized carbons (Fsp3) is 0.583. The van der Waals surface area contributed by atoms with Gasteiger partial charge in [0.25, 0.3) is 5.91 Å². The van der Waals surface area contributed by atoms with E-state index in [0.29, 0.717) is 12.1 Å². The number of nitrogens with one attached hydrogen (secondary N) is 1. The lowest BCUT2D eigenvalue weighted by Crippen LogP contribution is -2.48. The molecule has 0 aromatic carbocycles. The summed E-state index contributed by atoms with van der Waals surface area (Å²) in [5.74, 6) is -0.134. The largest absolute Gasteiger partial charge is 0.394 e. The minimum absolute atomic E-state index is 0.0535. The van der Waals surface area contributed by atoms with Crippen molar-refractivity contribution in [2.45, 2.75) is 39.3 Å². The zero-order valence-corrected chi connectivity index (χ0v) is 10.2. The van der Waals surface area contributed by atoms with Gasteiger partial charge in [0.05, 0.1) is 12.1 Å². The van der Waals surface area contributed by atoms with Crippen LogP contribution in [0.3, 0.4) is 0 Å². The molecule has 0 fully saturated rings. The zero-order valence-electron chi connectivity index (χ0n) is 10.2. The normalized spacial score (nSPS) is 14.5. The van der Waals surface area contributed by atoms with E-state index in [0.717, 1.165) is 6.54 Å². The Balaban J connectivity index is 2.80. The summed E-state index contributed by atoms with van der Waals surface area (Å²) in [5.41, 5.74) is 0.0931. The van der Waals surface area contributed by atoms with Crippen LogP contribution in [-0.4, -0.2) is 27.7 Å². The van der Waals surface area contributed by atoms with Gasteiger partial charge in [-0.1, -0.05) is 6.92 Å². The van der Waals surface area contributed by atoms with Gasteiger partial charge in [0.15, 0.2) is 0 Å². The summed E-state index contributed by atoms with van der Waals surface area (Å²) in [5, 5.41) is 12.1. The lowest BCUT2D eigenvalue weighted by molar-refractivity contribution is 0.0838. The first-order chi connectivity index (χ1) is 7.56. The van der Waals surface area contributed by atoms with E-state index in [-0.39, 0.29) is 12.5 Å². The molecule has 4 nitrogen and oxygen atoms in total. The molecule has 0 spiro atoms. The number of rotatable bonds is 5. The second-order valence-electron chi connectivity index (χ2n) is 4.21. The van der Waals surface area contributed by atoms with Gasteiger partial charge in [-0.2, -0.15) is 0 Å². The molecule has 1 amide bonds. The maximum absolute atomic E-state index is 12.0. The van der Waals surface area contributed by atoms with Crippen LogP contribution in [0.4, 0.5) is 0 Å². The monoisotopic (exact) mass is 224 g/mol. The SMILES string of the molecule is CCn1cccc1C(=O)NC(C)(CC)CO. The first-order valence-electron chi connectivity index (χ1n) is 5.65. The molecule has 1 heterocycles. The average Bonchev–Trinajstić information content (AvgIpc) is 2.76. The molecule has 1 aromatic heterocycles. The molecule has 1 atom stereocenters. The highest BCUT2D eigenvalue weighted by Gasteiger charge is 2.24. The zero-order chi connectivity index (χ0) is 12.2. The number of carbonyl (C=O) groups excluding carboxylic acids is 1. The molecule has 0 aliphatic heterocycles. The fourth-order valence-electron chi connectivity index (χ4n) is 1.47. The molecule has 1 rings (SSSR count). The fourth-order valence-corrected chi connectivity index (χ4v) is 1.47. The summed E-state index contributed by atoms with van der Waals surface area (Å²) in [7, 11) is 0. The molecule has 0 radical (unpaired) electrons. The quantitative estimate of drug-likeness (QED) is 0.794. The van der Waals surface area contributed by atoms with E-state index >= 15 is 0 Å². The van der Waals surface area contributed by atoms with Crippen molar-refractivity contribution >= 4 is 5.91 Å². The minimum atomic E-state index is -0.542. The van der Waals surface area contributed by atoms with Gasteiger partial charge in [-0.25, -0.2) is 0 Å². The number of aromatic nitrogens is 1. The van der Waals surface area contributed by atoms with Crippen molar-refractivity contribution in [2.24, 2.45) is 0 Å². The van der Waals surface area contributed by atoms with Gasteiger partial charge in [0, 0.05) is 12.7 Å². The Morgan fingerprint density at radius 1 is 1.56 bits per heavy atom. The summed E-state index contributed by atoms with van der Waals surface area (Å²) < 4.78 is 1.88. The average molecular weight is 224 g/mol. The van der Waals surface area contributed by atoms with Crippen LogP contribution in [0.2, 0.25) is 0 Å². The van der Waals surface area contributed by atoms with Crippen LogP contribution in [-0.2, 0) is 6.54 Å². The van der Waals surface area contributed by atoms with Crippen molar-refractivity contribution in [1.82, 2.24) is 9.88 Å². The number of amides is 1. The van der Waals surface area contributed by atoms with Crippen molar-refractivity contribution in [3.8, 4) is 0 Å². The van der Waals surface area contributed by atoms with E-state index in [2.05, 4.69) is 5.32 Å². The summed E-state index contributed by atoms with van der Waals surface area (Å²) >= 11 is 0. The Bertz CT molecular complexity index is 354. The smallest absolute Gasteiger partial charge is 0.268 e. The molecule has 0 aliphatic carbocycles. The third-order valence-corrected chi connectivity index (χ3v) is 2.95. The van der Waals surface area contributed by atoms with Crippen LogP contribution in [0.1, 0.15) is 37.7 Å². The molecule has 0 saturated heterocycles. The molecule has 0 bridgehead atoms. The first kappa shape index (κ1) is 12.8. The highest BCUT2D eigenvalue weighted by molar-refractivity contribution is 5.93. The first-order valence-corrected chi connectivity index (χ1v) is 5.65. The lowest BCUT2D eigenvalue weighted by Gasteiger charge is -2.27. The van der Waals surface area contributed by atoms with Crippen LogP contribution in [0.25, 0.3) is 0 Å². The third kappa shape index (κ3) is 2.64. The number of hydrogen-bond donors (Lipinski definition) is 2. The van der Waals surface area contributed by atoms with Gasteiger partial charge >= 0.3 is 0 Å². The van der Waals surface area contributed by atoms with Gasteiger partial charge in [0.2, 0.25) is 0 Å². The molecular formula is C12H20N2O2. The Morgan fingerprint density at radius 3 is 2.75 bits per heavy atom. The van der Waals surface area contributed by atoms with Crippen LogP contribution in [0, 0.1) is 0 Å². The summed E-state index contributed by atoms with van der Waals surface area (Å²) in [6, 6.07) is 3.63. The predicted octanol–water partition coefficient (Wildman–Crippen LogP) is 1.40. The van der Waals surface area contributed by atoms with Gasteiger partial charge in [0.1, 0.15) is 5.69 Å². The molecule has 1 unspecified atom stereocenters. The maximum Gasteiger partial charge on any atom is 0.268 e. The van der Waals surface area contributed by atoms with Crippen LogP contribution in [0.15, 0.2) is 18.3 Å². The molecular weight excluding hydrogens is 204 g/mol. The number of aryl methyl sites for hydroxylation is 1. The van der Waals surface area contributed by atoms with E-state index in [1.165, 1.54) is 0 Å². The molecule has 1 aromatic rings. The molecule has 0 saturated carbocycles. The number of nitrogens with zero attached hydrogens (tertiary/aromatic N) is 1. The number of hydrogen-bond acceptors (Lipinski definition) is 2. The molecule has 0 aliphatic rings. The van der Waals surface area contributed by atoms with Crippen LogP contribution in [0.5, 0.6) is 0 Å². The second-order valence-corrected chi connectivity index (χ2v) is 4.21. The highest BCUT2D eigenvalue weighted by Crippen LogP contribution is 2.10. The number of carbonyl (C=O) groups is 1. The standard InChI is InChI=1S/C12H20N2O2/c1-4-12(3,9-15)13-11(16)10-7-6-8-14(10)5-2/h6-8,15H,4-5,9H2,1-3H3,(H,13,16). The van der Waals surface area contributed by atoms with E-state index in [1.54, 1.807) is 6.07 Å². The molecule has 4 heteroatoms. The van der Waals surface area contributed by atoms with Crippen LogP contribution >= 0.6 is 0 Å². The van der Waals surface area contributed by atoms with E-state index in [4.69, 9.17) is 0 Å². The number of aliphatic hydroxyl groups excluding tert-OH is 1. The van der Waals surface area contributed by atoms with Crippen molar-refractivity contribution < 1.29 is 9.90 Å². The predicted molar refractivity (Wildman–Crippen MR) is 63.4 cm³/mol. The van der Waals surface area contributed by atoms with Crippen molar-refractivity contribution in [3.05, 3.63) is 24.0 Å². The summed E-state index contributed by atoms with van der Waals surface area (Å²) in [6.45, 7) is 6.47. The molecule has 90 valence electrons. The Labute approximate surface area is 96.3 Å². The molecule has 16 heavy (non-hydrogen) atoms. The third-order valence-electron chi connectivity index (χ3n) is 2.95. The number of aliphatic hydroxyl groups is 1. The Morgan fingerprint density at radius 2 is 2.25 bits per heavy atom. The Hall–Kier alpha value is -1.29. The van der Waals surface area contributed by atoms with Crippen molar-refractivity contribution in [3.63, 3.8) is 0 Å². The van der Waals surface area contributed by atoms with Gasteiger partial charge in [-0.05, 0) is 32.4 Å². The highest BCUT2D eigenvalue weighted by atomic mass is 16.3. The van der Waals surface area contributed by atoms with Crippen LogP contribution < -0.4 is 5.32 Å². The minimum Gasteiger partial charge on any atom is -0.394 e. The Kier molecular flexibility index (Phi) is 4.12. The van der Waals surface area contributed by atoms with Gasteiger partial charge in [-0.3, -0.25) is 4.79 Å². The lowest BCUT2D eigenvalue weighted by atomic mass is 10.00. The van der Waals surface area contributed by atoms with Gasteiger partial charge in [-0.15, -0.1) is 0 Å². The van der Waals surface area contributed by atoms with E-state index in [9.17, 15) is 9.90 Å². The second kappa shape index (κ2) is 5.16. The topological polar surface area (TPSA) is 54.3 Å². The summed E-state index contributed by atoms with van der Waals surface area (Å²) in [6.07, 6.45) is 2.57. The van der Waals surface area contributed by atoms with E-state index in [1.807, 2.05) is 37.6 Å². The van der Waals surface area contributed by atoms with Crippen molar-refractivity contribution in [2.75, 3.05) is 6.61 Å². The molecule has 2 N–H and O–H groups in total.